The number of nitrogens with two attached hydrogens (primary N) is 1. The first kappa shape index (κ1) is 10.1. The average molecular weight is 219 g/mol. The Balaban J connectivity index is 2.73. The minimum Gasteiger partial charge on any atom is -0.364 e. The van der Waals surface area contributed by atoms with E-state index in [4.69, 9.17) is 5.73 Å². The number of primary amides is 1. The van der Waals surface area contributed by atoms with Crippen LogP contribution in [0.5, 0.6) is 0 Å². The number of rotatable bonds is 2. The van der Waals surface area contributed by atoms with Crippen molar-refractivity contribution in [2.24, 2.45) is 12.8 Å². The van der Waals surface area contributed by atoms with Crippen LogP contribution in [-0.2, 0) is 7.05 Å². The number of nitrogens with one attached hydrogen (secondary N) is 1. The summed E-state index contributed by atoms with van der Waals surface area (Å²) in [5, 5.41) is 10.1. The van der Waals surface area contributed by atoms with E-state index in [1.807, 2.05) is 0 Å². The lowest BCUT2D eigenvalue weighted by molar-refractivity contribution is 0.0994. The van der Waals surface area contributed by atoms with E-state index in [9.17, 15) is 9.59 Å². The van der Waals surface area contributed by atoms with Crippen molar-refractivity contribution in [1.82, 2.24) is 20.0 Å². The summed E-state index contributed by atoms with van der Waals surface area (Å²) < 4.78 is 1.06. The van der Waals surface area contributed by atoms with E-state index in [-0.39, 0.29) is 11.3 Å². The molecule has 2 aromatic rings. The summed E-state index contributed by atoms with van der Waals surface area (Å²) in [6.07, 6.45) is 3.05. The summed E-state index contributed by atoms with van der Waals surface area (Å²) in [5.41, 5.74) is 5.89. The molecule has 0 bridgehead atoms. The van der Waals surface area contributed by atoms with Crippen LogP contribution in [0.3, 0.4) is 0 Å². The fourth-order valence-electron chi connectivity index (χ4n) is 1.34. The van der Waals surface area contributed by atoms with Crippen molar-refractivity contribution in [3.63, 3.8) is 0 Å². The van der Waals surface area contributed by atoms with Gasteiger partial charge < -0.3 is 5.73 Å². The van der Waals surface area contributed by atoms with E-state index < -0.39 is 5.91 Å². The van der Waals surface area contributed by atoms with Crippen LogP contribution in [0.15, 0.2) is 23.3 Å². The topological polar surface area (TPSA) is 107 Å². The Morgan fingerprint density at radius 2 is 2.31 bits per heavy atom. The summed E-state index contributed by atoms with van der Waals surface area (Å²) in [4.78, 5) is 22.6. The number of amides is 1. The number of carbonyl (C=O) groups is 1. The first-order valence-electron chi connectivity index (χ1n) is 4.47. The van der Waals surface area contributed by atoms with Gasteiger partial charge in [0.2, 0.25) is 0 Å². The summed E-state index contributed by atoms with van der Waals surface area (Å²) >= 11 is 0. The molecule has 7 heteroatoms. The van der Waals surface area contributed by atoms with Gasteiger partial charge in [0.05, 0.1) is 6.20 Å². The van der Waals surface area contributed by atoms with Crippen molar-refractivity contribution < 1.29 is 4.79 Å². The van der Waals surface area contributed by atoms with Gasteiger partial charge in [-0.25, -0.2) is 4.68 Å². The third-order valence-electron chi connectivity index (χ3n) is 2.13. The zero-order valence-electron chi connectivity index (χ0n) is 8.47. The van der Waals surface area contributed by atoms with Gasteiger partial charge in [0.25, 0.3) is 11.5 Å². The molecule has 2 aromatic heterocycles. The van der Waals surface area contributed by atoms with Gasteiger partial charge in [-0.05, 0) is 0 Å². The maximum absolute atomic E-state index is 11.4. The van der Waals surface area contributed by atoms with Crippen molar-refractivity contribution in [3.05, 3.63) is 34.5 Å². The highest BCUT2D eigenvalue weighted by molar-refractivity contribution is 5.97. The molecule has 3 N–H and O–H groups in total. The molecule has 0 radical (unpaired) electrons. The van der Waals surface area contributed by atoms with Gasteiger partial charge in [-0.2, -0.15) is 10.2 Å². The number of hydrogen-bond donors (Lipinski definition) is 2. The number of hydrogen-bond acceptors (Lipinski definition) is 4. The summed E-state index contributed by atoms with van der Waals surface area (Å²) in [5.74, 6) is -0.688. The molecular weight excluding hydrogens is 210 g/mol. The molecular formula is C9H9N5O2. The zero-order valence-corrected chi connectivity index (χ0v) is 8.47. The number of carbonyl (C=O) groups excluding carboxylic acids is 1. The number of aryl methyl sites for hydroxylation is 1. The number of aromatic nitrogens is 4. The molecule has 0 aliphatic rings. The normalized spacial score (nSPS) is 10.3. The number of nitrogens with zero attached hydrogens (tertiary/aromatic N) is 3. The Labute approximate surface area is 89.9 Å². The second kappa shape index (κ2) is 3.61. The van der Waals surface area contributed by atoms with Crippen LogP contribution in [0.2, 0.25) is 0 Å². The smallest absolute Gasteiger partial charge is 0.269 e. The molecule has 2 rings (SSSR count). The van der Waals surface area contributed by atoms with Crippen molar-refractivity contribution in [2.45, 2.75) is 0 Å². The molecule has 0 spiro atoms. The first-order chi connectivity index (χ1) is 7.59. The summed E-state index contributed by atoms with van der Waals surface area (Å²) in [6, 6.07) is 1.30. The maximum Gasteiger partial charge on any atom is 0.269 e. The fourth-order valence-corrected chi connectivity index (χ4v) is 1.34. The second-order valence-corrected chi connectivity index (χ2v) is 3.22. The third kappa shape index (κ3) is 1.58. The Kier molecular flexibility index (Phi) is 2.28. The average Bonchev–Trinajstić information content (AvgIpc) is 2.74. The SMILES string of the molecule is Cn1nc(C(N)=O)c(-c2cn[nH]c2)cc1=O. The molecule has 0 aromatic carbocycles. The van der Waals surface area contributed by atoms with Crippen LogP contribution >= 0.6 is 0 Å². The standard InChI is InChI=1S/C9H9N5O2/c1-14-7(15)2-6(5-3-11-12-4-5)8(13-14)9(10)16/h2-4H,1H3,(H2,10,16)(H,11,12). The van der Waals surface area contributed by atoms with E-state index in [1.165, 1.54) is 19.3 Å². The van der Waals surface area contributed by atoms with Crippen LogP contribution in [0, 0.1) is 0 Å². The van der Waals surface area contributed by atoms with E-state index in [2.05, 4.69) is 15.3 Å². The van der Waals surface area contributed by atoms with E-state index in [1.54, 1.807) is 6.20 Å². The van der Waals surface area contributed by atoms with Gasteiger partial charge in [-0.3, -0.25) is 14.7 Å². The van der Waals surface area contributed by atoms with E-state index in [0.29, 0.717) is 11.1 Å². The first-order valence-corrected chi connectivity index (χ1v) is 4.47. The molecule has 0 saturated heterocycles. The highest BCUT2D eigenvalue weighted by Gasteiger charge is 2.14. The molecule has 7 nitrogen and oxygen atoms in total. The Bertz CT molecular complexity index is 584. The largest absolute Gasteiger partial charge is 0.364 e. The highest BCUT2D eigenvalue weighted by atomic mass is 16.1. The van der Waals surface area contributed by atoms with Gasteiger partial charge in [-0.1, -0.05) is 0 Å². The van der Waals surface area contributed by atoms with Crippen molar-refractivity contribution >= 4 is 5.91 Å². The van der Waals surface area contributed by atoms with Crippen LogP contribution in [0.25, 0.3) is 11.1 Å². The molecule has 0 aliphatic heterocycles. The lowest BCUT2D eigenvalue weighted by atomic mass is 10.1. The van der Waals surface area contributed by atoms with Crippen LogP contribution in [0.4, 0.5) is 0 Å². The van der Waals surface area contributed by atoms with Crippen molar-refractivity contribution in [3.8, 4) is 11.1 Å². The van der Waals surface area contributed by atoms with Crippen LogP contribution < -0.4 is 11.3 Å². The van der Waals surface area contributed by atoms with Gasteiger partial charge in [-0.15, -0.1) is 0 Å². The van der Waals surface area contributed by atoms with Gasteiger partial charge in [0, 0.05) is 30.4 Å². The molecule has 2 heterocycles. The van der Waals surface area contributed by atoms with Crippen molar-refractivity contribution in [1.29, 1.82) is 0 Å². The molecule has 0 unspecified atom stereocenters. The van der Waals surface area contributed by atoms with E-state index in [0.717, 1.165) is 4.68 Å². The molecule has 1 amide bonds. The van der Waals surface area contributed by atoms with Gasteiger partial charge in [0.15, 0.2) is 5.69 Å². The molecule has 0 saturated carbocycles. The monoisotopic (exact) mass is 219 g/mol. The lowest BCUT2D eigenvalue weighted by Crippen LogP contribution is -2.25. The molecule has 16 heavy (non-hydrogen) atoms. The minimum atomic E-state index is -0.688. The quantitative estimate of drug-likeness (QED) is 0.694. The van der Waals surface area contributed by atoms with Gasteiger partial charge in [0.1, 0.15) is 0 Å². The Hall–Kier alpha value is -2.44. The lowest BCUT2D eigenvalue weighted by Gasteiger charge is -2.04. The molecule has 0 atom stereocenters. The Morgan fingerprint density at radius 1 is 1.56 bits per heavy atom. The minimum absolute atomic E-state index is 0.0449. The van der Waals surface area contributed by atoms with Gasteiger partial charge >= 0.3 is 0 Å². The van der Waals surface area contributed by atoms with E-state index >= 15 is 0 Å². The molecule has 0 fully saturated rings. The predicted molar refractivity (Wildman–Crippen MR) is 55.6 cm³/mol. The predicted octanol–water partition coefficient (Wildman–Crippen LogP) is -0.731. The second-order valence-electron chi connectivity index (χ2n) is 3.22. The third-order valence-corrected chi connectivity index (χ3v) is 2.13. The maximum atomic E-state index is 11.4. The number of H-pyrrole nitrogens is 1. The summed E-state index contributed by atoms with van der Waals surface area (Å²) in [7, 11) is 1.45. The summed E-state index contributed by atoms with van der Waals surface area (Å²) in [6.45, 7) is 0. The Morgan fingerprint density at radius 3 is 2.88 bits per heavy atom. The van der Waals surface area contributed by atoms with Crippen LogP contribution in [0.1, 0.15) is 10.5 Å². The van der Waals surface area contributed by atoms with Crippen molar-refractivity contribution in [2.75, 3.05) is 0 Å². The highest BCUT2D eigenvalue weighted by Crippen LogP contribution is 2.18. The fraction of sp³-hybridized carbons (Fsp3) is 0.111. The molecule has 0 aliphatic carbocycles. The van der Waals surface area contributed by atoms with Crippen LogP contribution in [-0.4, -0.2) is 25.9 Å². The zero-order chi connectivity index (χ0) is 11.7. The number of aromatic amines is 1. The molecule has 82 valence electrons.